The Balaban J connectivity index is 2.86. The number of benzene rings is 1. The average Bonchev–Trinajstić information content (AvgIpc) is 2.17. The lowest BCUT2D eigenvalue weighted by molar-refractivity contribution is 0.0129. The Hall–Kier alpha value is -1.04. The van der Waals surface area contributed by atoms with Crippen LogP contribution in [0.25, 0.3) is 0 Å². The summed E-state index contributed by atoms with van der Waals surface area (Å²) in [7, 11) is 0. The number of nitrogens with two attached hydrogens (primary N) is 1. The highest BCUT2D eigenvalue weighted by atomic mass is 19.1. The van der Waals surface area contributed by atoms with Gasteiger partial charge in [0.2, 0.25) is 0 Å². The van der Waals surface area contributed by atoms with E-state index in [9.17, 15) is 19.0 Å². The van der Waals surface area contributed by atoms with Crippen LogP contribution in [-0.2, 0) is 0 Å². The zero-order chi connectivity index (χ0) is 11.4. The molecule has 0 fully saturated rings. The number of hydrogen-bond acceptors (Lipinski definition) is 3. The van der Waals surface area contributed by atoms with Crippen LogP contribution >= 0.6 is 0 Å². The lowest BCUT2D eigenvalue weighted by Crippen LogP contribution is -2.22. The molecule has 0 amide bonds. The summed E-state index contributed by atoms with van der Waals surface area (Å²) < 4.78 is 25.7. The fourth-order valence-electron chi connectivity index (χ4n) is 1.28. The predicted octanol–water partition coefficient (Wildman–Crippen LogP) is 0.708. The molecule has 1 aromatic rings. The van der Waals surface area contributed by atoms with Crippen LogP contribution in [0.5, 0.6) is 0 Å². The van der Waals surface area contributed by atoms with Gasteiger partial charge >= 0.3 is 0 Å². The Labute approximate surface area is 86.2 Å². The minimum Gasteiger partial charge on any atom is -0.390 e. The summed E-state index contributed by atoms with van der Waals surface area (Å²) in [4.78, 5) is 0. The molecule has 1 rings (SSSR count). The van der Waals surface area contributed by atoms with Gasteiger partial charge in [0.25, 0.3) is 0 Å². The number of halogens is 2. The molecule has 15 heavy (non-hydrogen) atoms. The van der Waals surface area contributed by atoms with Gasteiger partial charge in [-0.1, -0.05) is 6.07 Å². The Kier molecular flexibility index (Phi) is 4.14. The fraction of sp³-hybridized carbons (Fsp3) is 0.400. The Bertz CT molecular complexity index is 333. The van der Waals surface area contributed by atoms with Crippen molar-refractivity contribution in [2.24, 2.45) is 5.73 Å². The van der Waals surface area contributed by atoms with E-state index < -0.39 is 23.8 Å². The van der Waals surface area contributed by atoms with E-state index in [4.69, 9.17) is 5.73 Å². The van der Waals surface area contributed by atoms with Gasteiger partial charge in [0.1, 0.15) is 17.7 Å². The van der Waals surface area contributed by atoms with Gasteiger partial charge in [0, 0.05) is 11.6 Å². The van der Waals surface area contributed by atoms with E-state index in [1.807, 2.05) is 0 Å². The highest BCUT2D eigenvalue weighted by Crippen LogP contribution is 2.22. The van der Waals surface area contributed by atoms with Gasteiger partial charge in [0.05, 0.1) is 6.10 Å². The maximum atomic E-state index is 13.2. The molecule has 0 radical (unpaired) electrons. The molecule has 0 aliphatic carbocycles. The third-order valence-corrected chi connectivity index (χ3v) is 2.11. The Morgan fingerprint density at radius 2 is 1.93 bits per heavy atom. The first kappa shape index (κ1) is 12.0. The topological polar surface area (TPSA) is 66.5 Å². The van der Waals surface area contributed by atoms with E-state index in [1.54, 1.807) is 0 Å². The highest BCUT2D eigenvalue weighted by molar-refractivity contribution is 5.21. The van der Waals surface area contributed by atoms with Gasteiger partial charge in [-0.2, -0.15) is 0 Å². The third-order valence-electron chi connectivity index (χ3n) is 2.11. The molecule has 0 aromatic heterocycles. The molecule has 0 aliphatic rings. The number of aliphatic hydroxyl groups excluding tert-OH is 2. The van der Waals surface area contributed by atoms with Crippen LogP contribution in [0.1, 0.15) is 18.1 Å². The van der Waals surface area contributed by atoms with Gasteiger partial charge in [-0.15, -0.1) is 0 Å². The zero-order valence-electron chi connectivity index (χ0n) is 8.03. The van der Waals surface area contributed by atoms with Crippen LogP contribution in [-0.4, -0.2) is 22.9 Å². The van der Waals surface area contributed by atoms with Crippen molar-refractivity contribution >= 4 is 0 Å². The second-order valence-corrected chi connectivity index (χ2v) is 3.26. The molecule has 2 unspecified atom stereocenters. The Morgan fingerprint density at radius 3 is 2.47 bits per heavy atom. The van der Waals surface area contributed by atoms with Crippen LogP contribution in [0, 0.1) is 11.6 Å². The summed E-state index contributed by atoms with van der Waals surface area (Å²) in [5, 5.41) is 18.9. The van der Waals surface area contributed by atoms with Crippen LogP contribution in [0.3, 0.4) is 0 Å². The van der Waals surface area contributed by atoms with Gasteiger partial charge in [0.15, 0.2) is 0 Å². The molecule has 0 heterocycles. The summed E-state index contributed by atoms with van der Waals surface area (Å²) >= 11 is 0. The highest BCUT2D eigenvalue weighted by Gasteiger charge is 2.20. The van der Waals surface area contributed by atoms with Gasteiger partial charge in [-0.05, 0) is 19.0 Å². The SMILES string of the molecule is NCCC(O)C(O)c1ccc(F)cc1F. The summed E-state index contributed by atoms with van der Waals surface area (Å²) in [5.41, 5.74) is 5.06. The molecule has 0 aliphatic heterocycles. The average molecular weight is 217 g/mol. The molecule has 3 nitrogen and oxygen atoms in total. The van der Waals surface area contributed by atoms with E-state index in [-0.39, 0.29) is 18.5 Å². The van der Waals surface area contributed by atoms with Crippen molar-refractivity contribution in [2.45, 2.75) is 18.6 Å². The molecular formula is C10H13F2NO2. The molecule has 0 spiro atoms. The first-order valence-corrected chi connectivity index (χ1v) is 4.57. The molecule has 84 valence electrons. The van der Waals surface area contributed by atoms with Gasteiger partial charge < -0.3 is 15.9 Å². The summed E-state index contributed by atoms with van der Waals surface area (Å²) in [5.74, 6) is -1.60. The number of aliphatic hydroxyl groups is 2. The van der Waals surface area contributed by atoms with E-state index in [0.29, 0.717) is 6.07 Å². The normalized spacial score (nSPS) is 15.0. The molecule has 0 bridgehead atoms. The molecule has 5 heteroatoms. The summed E-state index contributed by atoms with van der Waals surface area (Å²) in [6.07, 6.45) is -2.37. The van der Waals surface area contributed by atoms with Gasteiger partial charge in [-0.25, -0.2) is 8.78 Å². The smallest absolute Gasteiger partial charge is 0.132 e. The first-order valence-electron chi connectivity index (χ1n) is 4.57. The van der Waals surface area contributed by atoms with Gasteiger partial charge in [-0.3, -0.25) is 0 Å². The third kappa shape index (κ3) is 2.95. The van der Waals surface area contributed by atoms with Crippen molar-refractivity contribution in [2.75, 3.05) is 6.54 Å². The second-order valence-electron chi connectivity index (χ2n) is 3.26. The van der Waals surface area contributed by atoms with Crippen molar-refractivity contribution in [3.63, 3.8) is 0 Å². The first-order chi connectivity index (χ1) is 7.06. The summed E-state index contributed by atoms with van der Waals surface area (Å²) in [6.45, 7) is 0.182. The number of hydrogen-bond donors (Lipinski definition) is 3. The van der Waals surface area contributed by atoms with Crippen LogP contribution in [0.4, 0.5) is 8.78 Å². The lowest BCUT2D eigenvalue weighted by atomic mass is 10.0. The standard InChI is InChI=1S/C10H13F2NO2/c11-6-1-2-7(8(12)5-6)10(15)9(14)3-4-13/h1-2,5,9-10,14-15H,3-4,13H2. The quantitative estimate of drug-likeness (QED) is 0.695. The van der Waals surface area contributed by atoms with Crippen molar-refractivity contribution in [1.82, 2.24) is 0 Å². The Morgan fingerprint density at radius 1 is 1.27 bits per heavy atom. The lowest BCUT2D eigenvalue weighted by Gasteiger charge is -2.17. The van der Waals surface area contributed by atoms with E-state index >= 15 is 0 Å². The molecule has 2 atom stereocenters. The fourth-order valence-corrected chi connectivity index (χ4v) is 1.28. The maximum absolute atomic E-state index is 13.2. The van der Waals surface area contributed by atoms with E-state index in [2.05, 4.69) is 0 Å². The predicted molar refractivity (Wildman–Crippen MR) is 51.0 cm³/mol. The van der Waals surface area contributed by atoms with E-state index in [1.165, 1.54) is 0 Å². The van der Waals surface area contributed by atoms with Crippen molar-refractivity contribution < 1.29 is 19.0 Å². The minimum atomic E-state index is -1.38. The zero-order valence-corrected chi connectivity index (χ0v) is 8.03. The second kappa shape index (κ2) is 5.16. The molecular weight excluding hydrogens is 204 g/mol. The van der Waals surface area contributed by atoms with Crippen LogP contribution < -0.4 is 5.73 Å². The van der Waals surface area contributed by atoms with Crippen molar-refractivity contribution in [1.29, 1.82) is 0 Å². The van der Waals surface area contributed by atoms with Crippen LogP contribution in [0.2, 0.25) is 0 Å². The molecule has 1 aromatic carbocycles. The van der Waals surface area contributed by atoms with Crippen LogP contribution in [0.15, 0.2) is 18.2 Å². The molecule has 0 saturated heterocycles. The van der Waals surface area contributed by atoms with Crippen molar-refractivity contribution in [3.8, 4) is 0 Å². The minimum absolute atomic E-state index is 0.127. The maximum Gasteiger partial charge on any atom is 0.132 e. The largest absolute Gasteiger partial charge is 0.390 e. The van der Waals surface area contributed by atoms with E-state index in [0.717, 1.165) is 12.1 Å². The van der Waals surface area contributed by atoms with Crippen molar-refractivity contribution in [3.05, 3.63) is 35.4 Å². The summed E-state index contributed by atoms with van der Waals surface area (Å²) in [6, 6.07) is 2.79. The molecule has 0 saturated carbocycles. The number of rotatable bonds is 4. The molecule has 4 N–H and O–H groups in total. The monoisotopic (exact) mass is 217 g/mol.